The first-order valence-corrected chi connectivity index (χ1v) is 6.61. The largest absolute Gasteiger partial charge is 0.457 e. The Morgan fingerprint density at radius 1 is 1.05 bits per heavy atom. The van der Waals surface area contributed by atoms with Crippen molar-refractivity contribution in [1.29, 1.82) is 0 Å². The van der Waals surface area contributed by atoms with Crippen molar-refractivity contribution in [3.05, 3.63) is 66.4 Å². The minimum Gasteiger partial charge on any atom is -0.457 e. The van der Waals surface area contributed by atoms with Crippen LogP contribution in [0.5, 0.6) is 11.5 Å². The lowest BCUT2D eigenvalue weighted by Crippen LogP contribution is -2.06. The molecule has 0 saturated carbocycles. The molecule has 3 nitrogen and oxygen atoms in total. The molecule has 2 aromatic carbocycles. The van der Waals surface area contributed by atoms with E-state index in [0.29, 0.717) is 0 Å². The molecule has 1 atom stereocenters. The standard InChI is InChI=1S/C17H16N2O/c1-12(18)15-6-2-3-7-17(15)20-14-9-8-13-5-4-10-19-16(13)11-14/h2-12H,18H2,1H3. The molecule has 1 unspecified atom stereocenters. The average molecular weight is 264 g/mol. The minimum atomic E-state index is -0.0650. The molecule has 0 aliphatic rings. The molecule has 3 aromatic rings. The molecule has 1 aromatic heterocycles. The topological polar surface area (TPSA) is 48.1 Å². The number of aromatic nitrogens is 1. The monoisotopic (exact) mass is 264 g/mol. The number of hydrogen-bond acceptors (Lipinski definition) is 3. The molecule has 2 N–H and O–H groups in total. The highest BCUT2D eigenvalue weighted by Crippen LogP contribution is 2.29. The molecule has 1 heterocycles. The Morgan fingerprint density at radius 3 is 2.75 bits per heavy atom. The predicted molar refractivity (Wildman–Crippen MR) is 80.9 cm³/mol. The van der Waals surface area contributed by atoms with Crippen molar-refractivity contribution < 1.29 is 4.74 Å². The van der Waals surface area contributed by atoms with E-state index in [9.17, 15) is 0 Å². The zero-order valence-corrected chi connectivity index (χ0v) is 11.3. The Morgan fingerprint density at radius 2 is 1.90 bits per heavy atom. The average Bonchev–Trinajstić information content (AvgIpc) is 2.47. The summed E-state index contributed by atoms with van der Waals surface area (Å²) in [6.45, 7) is 1.95. The van der Waals surface area contributed by atoms with Gasteiger partial charge < -0.3 is 10.5 Å². The highest BCUT2D eigenvalue weighted by Gasteiger charge is 2.08. The lowest BCUT2D eigenvalue weighted by atomic mass is 10.1. The fourth-order valence-electron chi connectivity index (χ4n) is 2.19. The Bertz CT molecular complexity index is 738. The number of fused-ring (bicyclic) bond motifs is 1. The van der Waals surface area contributed by atoms with Gasteiger partial charge in [0.1, 0.15) is 11.5 Å². The van der Waals surface area contributed by atoms with Crippen LogP contribution in [-0.4, -0.2) is 4.98 Å². The number of ether oxygens (including phenoxy) is 1. The molecule has 3 rings (SSSR count). The molecule has 100 valence electrons. The van der Waals surface area contributed by atoms with Crippen molar-refractivity contribution in [2.75, 3.05) is 0 Å². The zero-order valence-electron chi connectivity index (χ0n) is 11.3. The van der Waals surface area contributed by atoms with Gasteiger partial charge in [-0.2, -0.15) is 0 Å². The van der Waals surface area contributed by atoms with Crippen molar-refractivity contribution in [1.82, 2.24) is 4.98 Å². The summed E-state index contributed by atoms with van der Waals surface area (Å²) in [5.74, 6) is 1.56. The molecule has 0 amide bonds. The van der Waals surface area contributed by atoms with Crippen LogP contribution in [0.25, 0.3) is 10.9 Å². The van der Waals surface area contributed by atoms with Crippen molar-refractivity contribution in [2.24, 2.45) is 5.73 Å². The first kappa shape index (κ1) is 12.6. The molecule has 0 fully saturated rings. The van der Waals surface area contributed by atoms with Gasteiger partial charge in [-0.15, -0.1) is 0 Å². The number of pyridine rings is 1. The second kappa shape index (κ2) is 5.31. The van der Waals surface area contributed by atoms with Gasteiger partial charge in [0.2, 0.25) is 0 Å². The molecule has 0 aliphatic carbocycles. The predicted octanol–water partition coefficient (Wildman–Crippen LogP) is 4.05. The second-order valence-corrected chi connectivity index (χ2v) is 4.79. The van der Waals surface area contributed by atoms with E-state index in [4.69, 9.17) is 10.5 Å². The molecular formula is C17H16N2O. The van der Waals surface area contributed by atoms with Gasteiger partial charge >= 0.3 is 0 Å². The van der Waals surface area contributed by atoms with Crippen LogP contribution in [0.2, 0.25) is 0 Å². The lowest BCUT2D eigenvalue weighted by Gasteiger charge is -2.13. The Kier molecular flexibility index (Phi) is 3.35. The summed E-state index contributed by atoms with van der Waals surface area (Å²) < 4.78 is 5.96. The second-order valence-electron chi connectivity index (χ2n) is 4.79. The molecule has 0 radical (unpaired) electrons. The molecule has 20 heavy (non-hydrogen) atoms. The quantitative estimate of drug-likeness (QED) is 0.776. The van der Waals surface area contributed by atoms with E-state index in [2.05, 4.69) is 4.98 Å². The molecule has 0 saturated heterocycles. The fraction of sp³-hybridized carbons (Fsp3) is 0.118. The van der Waals surface area contributed by atoms with Crippen molar-refractivity contribution in [3.8, 4) is 11.5 Å². The maximum Gasteiger partial charge on any atom is 0.132 e. The van der Waals surface area contributed by atoms with Crippen molar-refractivity contribution in [2.45, 2.75) is 13.0 Å². The van der Waals surface area contributed by atoms with Crippen molar-refractivity contribution >= 4 is 10.9 Å². The van der Waals surface area contributed by atoms with E-state index in [0.717, 1.165) is 28.0 Å². The summed E-state index contributed by atoms with van der Waals surface area (Å²) in [6.07, 6.45) is 1.78. The first-order valence-electron chi connectivity index (χ1n) is 6.61. The highest BCUT2D eigenvalue weighted by atomic mass is 16.5. The van der Waals surface area contributed by atoms with Crippen LogP contribution in [0, 0.1) is 0 Å². The number of nitrogens with two attached hydrogens (primary N) is 1. The zero-order chi connectivity index (χ0) is 13.9. The van der Waals surface area contributed by atoms with E-state index in [-0.39, 0.29) is 6.04 Å². The first-order chi connectivity index (χ1) is 9.74. The highest BCUT2D eigenvalue weighted by molar-refractivity contribution is 5.79. The summed E-state index contributed by atoms with van der Waals surface area (Å²) in [5.41, 5.74) is 7.88. The maximum atomic E-state index is 5.97. The third-order valence-electron chi connectivity index (χ3n) is 3.21. The van der Waals surface area contributed by atoms with Crippen molar-refractivity contribution in [3.63, 3.8) is 0 Å². The Balaban J connectivity index is 1.97. The van der Waals surface area contributed by atoms with Crippen LogP contribution in [-0.2, 0) is 0 Å². The van der Waals surface area contributed by atoms with Crippen LogP contribution >= 0.6 is 0 Å². The van der Waals surface area contributed by atoms with E-state index in [1.54, 1.807) is 6.20 Å². The number of benzene rings is 2. The van der Waals surface area contributed by atoms with Gasteiger partial charge in [-0.1, -0.05) is 24.3 Å². The van der Waals surface area contributed by atoms with Gasteiger partial charge in [0.25, 0.3) is 0 Å². The SMILES string of the molecule is CC(N)c1ccccc1Oc1ccc2cccnc2c1. The molecule has 0 aliphatic heterocycles. The molecule has 0 spiro atoms. The summed E-state index contributed by atoms with van der Waals surface area (Å²) >= 11 is 0. The smallest absolute Gasteiger partial charge is 0.132 e. The van der Waals surface area contributed by atoms with E-state index >= 15 is 0 Å². The van der Waals surface area contributed by atoms with Gasteiger partial charge in [-0.25, -0.2) is 0 Å². The minimum absolute atomic E-state index is 0.0650. The van der Waals surface area contributed by atoms with Gasteiger partial charge in [-0.3, -0.25) is 4.98 Å². The third-order valence-corrected chi connectivity index (χ3v) is 3.21. The van der Waals surface area contributed by atoms with E-state index in [1.165, 1.54) is 0 Å². The van der Waals surface area contributed by atoms with Gasteiger partial charge in [-0.05, 0) is 31.2 Å². The number of hydrogen-bond donors (Lipinski definition) is 1. The summed E-state index contributed by atoms with van der Waals surface area (Å²) in [7, 11) is 0. The van der Waals surface area contributed by atoms with Gasteiger partial charge in [0.05, 0.1) is 5.52 Å². The van der Waals surface area contributed by atoms with E-state index in [1.807, 2.05) is 61.5 Å². The number of para-hydroxylation sites is 1. The molecule has 0 bridgehead atoms. The van der Waals surface area contributed by atoms with Crippen LogP contribution in [0.1, 0.15) is 18.5 Å². The van der Waals surface area contributed by atoms with Crippen LogP contribution in [0.15, 0.2) is 60.8 Å². The van der Waals surface area contributed by atoms with Crippen LogP contribution in [0.3, 0.4) is 0 Å². The van der Waals surface area contributed by atoms with Crippen LogP contribution < -0.4 is 10.5 Å². The normalized spacial score (nSPS) is 12.3. The lowest BCUT2D eigenvalue weighted by molar-refractivity contribution is 0.472. The van der Waals surface area contributed by atoms with Gasteiger partial charge in [0.15, 0.2) is 0 Å². The Hall–Kier alpha value is -2.39. The van der Waals surface area contributed by atoms with Crippen LogP contribution in [0.4, 0.5) is 0 Å². The third kappa shape index (κ3) is 2.49. The Labute approximate surface area is 118 Å². The van der Waals surface area contributed by atoms with Gasteiger partial charge in [0, 0.05) is 29.3 Å². The summed E-state index contributed by atoms with van der Waals surface area (Å²) in [6, 6.07) is 17.6. The summed E-state index contributed by atoms with van der Waals surface area (Å²) in [4.78, 5) is 4.34. The summed E-state index contributed by atoms with van der Waals surface area (Å²) in [5, 5.41) is 1.10. The fourth-order valence-corrected chi connectivity index (χ4v) is 2.19. The molecule has 3 heteroatoms. The number of rotatable bonds is 3. The number of nitrogens with zero attached hydrogens (tertiary/aromatic N) is 1. The van der Waals surface area contributed by atoms with E-state index < -0.39 is 0 Å². The molecular weight excluding hydrogens is 248 g/mol. The maximum absolute atomic E-state index is 5.97.